The number of anilines is 1. The Balaban J connectivity index is 2.09. The van der Waals surface area contributed by atoms with Crippen LogP contribution in [-0.4, -0.2) is 33.5 Å². The second-order valence-electron chi connectivity index (χ2n) is 5.69. The van der Waals surface area contributed by atoms with Gasteiger partial charge in [0.05, 0.1) is 17.7 Å². The molecule has 8 nitrogen and oxygen atoms in total. The standard InChI is InChI=1S/C19H20N2O6S/c1-13(19(20)23)27-18(22)12-9-14-7-10-15(11-8-14)28(24,25)21-16-5-3-4-6-17(16)26-2/h3-13,21H,1-2H3,(H2,20,23)/b12-9+/t13-/m1/s1. The van der Waals surface area contributed by atoms with E-state index in [1.54, 1.807) is 24.3 Å². The van der Waals surface area contributed by atoms with Crippen molar-refractivity contribution in [3.05, 3.63) is 60.2 Å². The fraction of sp³-hybridized carbons (Fsp3) is 0.158. The van der Waals surface area contributed by atoms with Gasteiger partial charge >= 0.3 is 5.97 Å². The molecule has 3 N–H and O–H groups in total. The van der Waals surface area contributed by atoms with Crippen molar-refractivity contribution in [2.24, 2.45) is 5.73 Å². The minimum Gasteiger partial charge on any atom is -0.495 e. The summed E-state index contributed by atoms with van der Waals surface area (Å²) in [7, 11) is -2.37. The number of para-hydroxylation sites is 2. The molecule has 1 atom stereocenters. The van der Waals surface area contributed by atoms with Gasteiger partial charge in [-0.3, -0.25) is 9.52 Å². The van der Waals surface area contributed by atoms with Crippen LogP contribution in [0.25, 0.3) is 6.08 Å². The zero-order valence-corrected chi connectivity index (χ0v) is 16.1. The van der Waals surface area contributed by atoms with Gasteiger partial charge in [0.1, 0.15) is 5.75 Å². The molecule has 0 unspecified atom stereocenters. The molecule has 0 saturated carbocycles. The summed E-state index contributed by atoms with van der Waals surface area (Å²) in [5, 5.41) is 0. The number of benzene rings is 2. The summed E-state index contributed by atoms with van der Waals surface area (Å²) in [6.45, 7) is 1.36. The summed E-state index contributed by atoms with van der Waals surface area (Å²) in [6.07, 6.45) is 1.52. The van der Waals surface area contributed by atoms with E-state index in [0.29, 0.717) is 17.0 Å². The van der Waals surface area contributed by atoms with Gasteiger partial charge in [-0.2, -0.15) is 0 Å². The molecule has 28 heavy (non-hydrogen) atoms. The van der Waals surface area contributed by atoms with Gasteiger partial charge in [-0.25, -0.2) is 13.2 Å². The highest BCUT2D eigenvalue weighted by molar-refractivity contribution is 7.92. The lowest BCUT2D eigenvalue weighted by Crippen LogP contribution is -2.29. The zero-order chi connectivity index (χ0) is 20.7. The summed E-state index contributed by atoms with van der Waals surface area (Å²) in [5.41, 5.74) is 5.90. The monoisotopic (exact) mass is 404 g/mol. The van der Waals surface area contributed by atoms with Crippen LogP contribution in [0.15, 0.2) is 59.5 Å². The minimum atomic E-state index is -3.82. The number of hydrogen-bond donors (Lipinski definition) is 2. The predicted molar refractivity (Wildman–Crippen MR) is 104 cm³/mol. The van der Waals surface area contributed by atoms with Crippen LogP contribution in [0.4, 0.5) is 5.69 Å². The first kappa shape index (κ1) is 21.0. The zero-order valence-electron chi connectivity index (χ0n) is 15.3. The number of sulfonamides is 1. The smallest absolute Gasteiger partial charge is 0.331 e. The first-order valence-corrected chi connectivity index (χ1v) is 9.65. The predicted octanol–water partition coefficient (Wildman–Crippen LogP) is 1.93. The highest BCUT2D eigenvalue weighted by atomic mass is 32.2. The summed E-state index contributed by atoms with van der Waals surface area (Å²) in [4.78, 5) is 22.5. The van der Waals surface area contributed by atoms with Crippen molar-refractivity contribution < 1.29 is 27.5 Å². The summed E-state index contributed by atoms with van der Waals surface area (Å²) >= 11 is 0. The van der Waals surface area contributed by atoms with E-state index in [2.05, 4.69) is 4.72 Å². The van der Waals surface area contributed by atoms with Gasteiger partial charge in [-0.1, -0.05) is 24.3 Å². The Kier molecular flexibility index (Phi) is 6.78. The second kappa shape index (κ2) is 9.05. The highest BCUT2D eigenvalue weighted by Gasteiger charge is 2.16. The van der Waals surface area contributed by atoms with Crippen molar-refractivity contribution in [3.63, 3.8) is 0 Å². The molecule has 1 amide bonds. The Morgan fingerprint density at radius 1 is 1.11 bits per heavy atom. The first-order chi connectivity index (χ1) is 13.2. The Morgan fingerprint density at radius 3 is 2.36 bits per heavy atom. The van der Waals surface area contributed by atoms with Gasteiger partial charge in [0.15, 0.2) is 6.10 Å². The number of ether oxygens (including phenoxy) is 2. The van der Waals surface area contributed by atoms with Crippen LogP contribution in [0.1, 0.15) is 12.5 Å². The Morgan fingerprint density at radius 2 is 1.75 bits per heavy atom. The third-order valence-corrected chi connectivity index (χ3v) is 5.03. The van der Waals surface area contributed by atoms with Crippen LogP contribution in [-0.2, 0) is 24.3 Å². The van der Waals surface area contributed by atoms with Gasteiger partial charge in [0.25, 0.3) is 15.9 Å². The Bertz CT molecular complexity index is 984. The average Bonchev–Trinajstić information content (AvgIpc) is 2.66. The van der Waals surface area contributed by atoms with Crippen LogP contribution in [0.5, 0.6) is 5.75 Å². The number of nitrogens with two attached hydrogens (primary N) is 1. The molecule has 0 aliphatic carbocycles. The fourth-order valence-electron chi connectivity index (χ4n) is 2.13. The van der Waals surface area contributed by atoms with E-state index in [9.17, 15) is 18.0 Å². The third-order valence-electron chi connectivity index (χ3n) is 3.65. The van der Waals surface area contributed by atoms with Crippen LogP contribution in [0, 0.1) is 0 Å². The lowest BCUT2D eigenvalue weighted by atomic mass is 10.2. The fourth-order valence-corrected chi connectivity index (χ4v) is 3.20. The summed E-state index contributed by atoms with van der Waals surface area (Å²) < 4.78 is 37.4. The largest absolute Gasteiger partial charge is 0.495 e. The molecule has 9 heteroatoms. The van der Waals surface area contributed by atoms with Crippen molar-refractivity contribution in [3.8, 4) is 5.75 Å². The van der Waals surface area contributed by atoms with E-state index in [0.717, 1.165) is 6.08 Å². The molecule has 2 aromatic rings. The topological polar surface area (TPSA) is 125 Å². The maximum Gasteiger partial charge on any atom is 0.331 e. The molecule has 0 fully saturated rings. The van der Waals surface area contributed by atoms with Gasteiger partial charge in [-0.15, -0.1) is 0 Å². The van der Waals surface area contributed by atoms with Crippen molar-refractivity contribution in [2.75, 3.05) is 11.8 Å². The Hall–Kier alpha value is -3.33. The average molecular weight is 404 g/mol. The summed E-state index contributed by atoms with van der Waals surface area (Å²) in [5.74, 6) is -1.09. The quantitative estimate of drug-likeness (QED) is 0.512. The van der Waals surface area contributed by atoms with Gasteiger partial charge in [-0.05, 0) is 42.8 Å². The number of esters is 1. The van der Waals surface area contributed by atoms with E-state index in [4.69, 9.17) is 15.2 Å². The van der Waals surface area contributed by atoms with E-state index in [-0.39, 0.29) is 4.90 Å². The van der Waals surface area contributed by atoms with Crippen molar-refractivity contribution in [2.45, 2.75) is 17.9 Å². The number of primary amides is 1. The number of carbonyl (C=O) groups is 2. The lowest BCUT2D eigenvalue weighted by Gasteiger charge is -2.11. The van der Waals surface area contributed by atoms with Crippen molar-refractivity contribution in [1.29, 1.82) is 0 Å². The minimum absolute atomic E-state index is 0.0421. The normalized spacial score (nSPS) is 12.4. The molecule has 0 spiro atoms. The van der Waals surface area contributed by atoms with Gasteiger partial charge in [0.2, 0.25) is 0 Å². The van der Waals surface area contributed by atoms with Gasteiger partial charge in [0, 0.05) is 6.08 Å². The molecular formula is C19H20N2O6S. The van der Waals surface area contributed by atoms with E-state index in [1.165, 1.54) is 44.4 Å². The van der Waals surface area contributed by atoms with E-state index in [1.807, 2.05) is 0 Å². The first-order valence-electron chi connectivity index (χ1n) is 8.17. The number of methoxy groups -OCH3 is 1. The van der Waals surface area contributed by atoms with Crippen LogP contribution >= 0.6 is 0 Å². The molecule has 148 valence electrons. The highest BCUT2D eigenvalue weighted by Crippen LogP contribution is 2.26. The Labute approximate surface area is 163 Å². The molecule has 0 bridgehead atoms. The van der Waals surface area contributed by atoms with Crippen molar-refractivity contribution in [1.82, 2.24) is 0 Å². The number of amides is 1. The number of nitrogens with one attached hydrogen (secondary N) is 1. The second-order valence-corrected chi connectivity index (χ2v) is 7.37. The van der Waals surface area contributed by atoms with Gasteiger partial charge < -0.3 is 15.2 Å². The van der Waals surface area contributed by atoms with Crippen LogP contribution in [0.3, 0.4) is 0 Å². The third kappa shape index (κ3) is 5.58. The number of rotatable bonds is 8. The van der Waals surface area contributed by atoms with Crippen LogP contribution < -0.4 is 15.2 Å². The maximum atomic E-state index is 12.5. The van der Waals surface area contributed by atoms with E-state index < -0.39 is 28.0 Å². The maximum absolute atomic E-state index is 12.5. The SMILES string of the molecule is COc1ccccc1NS(=O)(=O)c1ccc(/C=C/C(=O)O[C@H](C)C(N)=O)cc1. The van der Waals surface area contributed by atoms with E-state index >= 15 is 0 Å². The molecule has 0 aliphatic heterocycles. The van der Waals surface area contributed by atoms with Crippen molar-refractivity contribution >= 4 is 33.7 Å². The molecule has 0 aromatic heterocycles. The molecule has 0 saturated heterocycles. The molecule has 2 aromatic carbocycles. The molecule has 0 radical (unpaired) electrons. The molecule has 2 rings (SSSR count). The number of hydrogen-bond acceptors (Lipinski definition) is 6. The molecular weight excluding hydrogens is 384 g/mol. The number of carbonyl (C=O) groups excluding carboxylic acids is 2. The van der Waals surface area contributed by atoms with Crippen LogP contribution in [0.2, 0.25) is 0 Å². The lowest BCUT2D eigenvalue weighted by molar-refractivity contribution is -0.148. The molecule has 0 heterocycles. The summed E-state index contributed by atoms with van der Waals surface area (Å²) in [6, 6.07) is 12.5. The molecule has 0 aliphatic rings.